The number of carbonyl (C=O) groups is 1. The van der Waals surface area contributed by atoms with Gasteiger partial charge in [-0.25, -0.2) is 0 Å². The highest BCUT2D eigenvalue weighted by atomic mass is 16.3. The van der Waals surface area contributed by atoms with Crippen molar-refractivity contribution in [1.82, 2.24) is 0 Å². The lowest BCUT2D eigenvalue weighted by molar-refractivity contribution is -0.133. The summed E-state index contributed by atoms with van der Waals surface area (Å²) in [6.45, 7) is 0. The summed E-state index contributed by atoms with van der Waals surface area (Å²) in [7, 11) is 0. The molecule has 0 aromatic rings. The van der Waals surface area contributed by atoms with Crippen LogP contribution in [0, 0.1) is 5.41 Å². The molecule has 0 radical (unpaired) electrons. The summed E-state index contributed by atoms with van der Waals surface area (Å²) in [6.07, 6.45) is 7.67. The molecule has 2 rings (SSSR count). The molecule has 0 unspecified atom stereocenters. The van der Waals surface area contributed by atoms with E-state index in [0.717, 1.165) is 19.3 Å². The number of hydrogen-bond acceptors (Lipinski definition) is 2. The zero-order valence-electron chi connectivity index (χ0n) is 7.12. The van der Waals surface area contributed by atoms with E-state index in [4.69, 9.17) is 0 Å². The van der Waals surface area contributed by atoms with Gasteiger partial charge in [0, 0.05) is 6.42 Å². The fraction of sp³-hybridized carbons (Fsp3) is 0.700. The molecule has 0 saturated heterocycles. The summed E-state index contributed by atoms with van der Waals surface area (Å²) in [5.41, 5.74) is -0.474. The molecule has 2 heteroatoms. The number of aliphatic hydroxyl groups excluding tert-OH is 1. The number of rotatable bonds is 0. The topological polar surface area (TPSA) is 37.3 Å². The maximum atomic E-state index is 11.6. The molecule has 2 nitrogen and oxygen atoms in total. The highest BCUT2D eigenvalue weighted by molar-refractivity contribution is 5.88. The Balaban J connectivity index is 2.27. The van der Waals surface area contributed by atoms with Crippen molar-refractivity contribution in [2.75, 3.05) is 0 Å². The molecule has 0 aromatic heterocycles. The second-order valence-corrected chi connectivity index (χ2v) is 3.82. The van der Waals surface area contributed by atoms with Gasteiger partial charge < -0.3 is 5.11 Å². The predicted molar refractivity (Wildman–Crippen MR) is 45.7 cm³/mol. The molecule has 0 heterocycles. The molecule has 0 aliphatic heterocycles. The fourth-order valence-corrected chi connectivity index (χ4v) is 2.33. The molecule has 66 valence electrons. The monoisotopic (exact) mass is 166 g/mol. The molecule has 0 bridgehead atoms. The highest BCUT2D eigenvalue weighted by Gasteiger charge is 2.45. The maximum Gasteiger partial charge on any atom is 0.145 e. The van der Waals surface area contributed by atoms with Crippen molar-refractivity contribution in [1.29, 1.82) is 0 Å². The quantitative estimate of drug-likeness (QED) is 0.553. The maximum absolute atomic E-state index is 11.6. The highest BCUT2D eigenvalue weighted by Crippen LogP contribution is 2.42. The van der Waals surface area contributed by atoms with E-state index in [2.05, 4.69) is 0 Å². The van der Waals surface area contributed by atoms with Crippen LogP contribution in [0.5, 0.6) is 0 Å². The standard InChI is InChI=1S/C10H14O2/c11-8-4-1-2-6-10(8)7-3-5-9(10)12/h3,7,9,12H,1-2,4-6H2/t9-,10+/m0/s1. The van der Waals surface area contributed by atoms with Crippen LogP contribution >= 0.6 is 0 Å². The van der Waals surface area contributed by atoms with E-state index >= 15 is 0 Å². The number of aliphatic hydroxyl groups is 1. The molecule has 2 atom stereocenters. The minimum absolute atomic E-state index is 0.245. The predicted octanol–water partition coefficient (Wildman–Crippen LogP) is 1.44. The van der Waals surface area contributed by atoms with Crippen molar-refractivity contribution >= 4 is 5.78 Å². The van der Waals surface area contributed by atoms with E-state index in [1.54, 1.807) is 0 Å². The van der Waals surface area contributed by atoms with E-state index < -0.39 is 11.5 Å². The van der Waals surface area contributed by atoms with Gasteiger partial charge in [-0.1, -0.05) is 18.6 Å². The van der Waals surface area contributed by atoms with Crippen LogP contribution in [0.4, 0.5) is 0 Å². The van der Waals surface area contributed by atoms with Gasteiger partial charge in [0.1, 0.15) is 5.78 Å². The first kappa shape index (κ1) is 7.99. The summed E-state index contributed by atoms with van der Waals surface area (Å²) < 4.78 is 0. The van der Waals surface area contributed by atoms with Gasteiger partial charge in [0.05, 0.1) is 11.5 Å². The van der Waals surface area contributed by atoms with E-state index in [1.807, 2.05) is 12.2 Å². The lowest BCUT2D eigenvalue weighted by Crippen LogP contribution is -2.40. The van der Waals surface area contributed by atoms with Crippen molar-refractivity contribution in [2.45, 2.75) is 38.2 Å². The molecule has 2 aliphatic rings. The van der Waals surface area contributed by atoms with Gasteiger partial charge in [0.15, 0.2) is 0 Å². The van der Waals surface area contributed by atoms with Crippen molar-refractivity contribution in [2.24, 2.45) is 5.41 Å². The van der Waals surface area contributed by atoms with Gasteiger partial charge in [-0.05, 0) is 19.3 Å². The smallest absolute Gasteiger partial charge is 0.145 e. The molecule has 1 fully saturated rings. The van der Waals surface area contributed by atoms with E-state index in [9.17, 15) is 9.90 Å². The molecule has 1 spiro atoms. The van der Waals surface area contributed by atoms with Gasteiger partial charge in [0.25, 0.3) is 0 Å². The Bertz CT molecular complexity index is 232. The first-order valence-corrected chi connectivity index (χ1v) is 4.65. The van der Waals surface area contributed by atoms with Crippen LogP contribution in [-0.2, 0) is 4.79 Å². The van der Waals surface area contributed by atoms with Crippen LogP contribution in [0.2, 0.25) is 0 Å². The molecular formula is C10H14O2. The van der Waals surface area contributed by atoms with E-state index in [-0.39, 0.29) is 5.78 Å². The third-order valence-electron chi connectivity index (χ3n) is 3.13. The number of Topliss-reactive ketones (excluding diaryl/α,β-unsaturated/α-hetero) is 1. The Labute approximate surface area is 72.3 Å². The summed E-state index contributed by atoms with van der Waals surface area (Å²) in [5, 5.41) is 9.69. The molecular weight excluding hydrogens is 152 g/mol. The SMILES string of the molecule is O=C1CCCC[C@@]12C=CC[C@@H]2O. The van der Waals surface area contributed by atoms with Crippen LogP contribution in [0.15, 0.2) is 12.2 Å². The lowest BCUT2D eigenvalue weighted by Gasteiger charge is -2.33. The molecule has 1 saturated carbocycles. The Kier molecular flexibility index (Phi) is 1.80. The average molecular weight is 166 g/mol. The molecule has 12 heavy (non-hydrogen) atoms. The summed E-state index contributed by atoms with van der Waals surface area (Å²) in [5.74, 6) is 0.245. The van der Waals surface area contributed by atoms with Crippen LogP contribution in [0.1, 0.15) is 32.1 Å². The molecule has 1 N–H and O–H groups in total. The largest absolute Gasteiger partial charge is 0.391 e. The van der Waals surface area contributed by atoms with Crippen molar-refractivity contribution in [3.8, 4) is 0 Å². The van der Waals surface area contributed by atoms with Crippen LogP contribution in [0.25, 0.3) is 0 Å². The minimum Gasteiger partial charge on any atom is -0.391 e. The Morgan fingerprint density at radius 2 is 2.33 bits per heavy atom. The van der Waals surface area contributed by atoms with Crippen molar-refractivity contribution in [3.05, 3.63) is 12.2 Å². The summed E-state index contributed by atoms with van der Waals surface area (Å²) >= 11 is 0. The molecule has 2 aliphatic carbocycles. The summed E-state index contributed by atoms with van der Waals surface area (Å²) in [4.78, 5) is 11.6. The number of ketones is 1. The Morgan fingerprint density at radius 1 is 1.50 bits per heavy atom. The van der Waals surface area contributed by atoms with Gasteiger partial charge >= 0.3 is 0 Å². The van der Waals surface area contributed by atoms with Crippen LogP contribution in [0.3, 0.4) is 0 Å². The Hall–Kier alpha value is -0.630. The second-order valence-electron chi connectivity index (χ2n) is 3.82. The van der Waals surface area contributed by atoms with Gasteiger partial charge in [0.2, 0.25) is 0 Å². The minimum atomic E-state index is -0.474. The molecule has 0 aromatic carbocycles. The first-order chi connectivity index (χ1) is 5.76. The lowest BCUT2D eigenvalue weighted by atomic mass is 9.71. The van der Waals surface area contributed by atoms with Crippen molar-refractivity contribution in [3.63, 3.8) is 0 Å². The van der Waals surface area contributed by atoms with Gasteiger partial charge in [-0.15, -0.1) is 0 Å². The number of hydrogen-bond donors (Lipinski definition) is 1. The summed E-state index contributed by atoms with van der Waals surface area (Å²) in [6, 6.07) is 0. The van der Waals surface area contributed by atoms with Crippen molar-refractivity contribution < 1.29 is 9.90 Å². The normalized spacial score (nSPS) is 41.1. The zero-order chi connectivity index (χ0) is 8.60. The third kappa shape index (κ3) is 0.944. The second kappa shape index (κ2) is 2.70. The average Bonchev–Trinajstić information content (AvgIpc) is 2.41. The van der Waals surface area contributed by atoms with Crippen LogP contribution in [-0.4, -0.2) is 17.0 Å². The Morgan fingerprint density at radius 3 is 2.92 bits per heavy atom. The fourth-order valence-electron chi connectivity index (χ4n) is 2.33. The third-order valence-corrected chi connectivity index (χ3v) is 3.13. The van der Waals surface area contributed by atoms with Gasteiger partial charge in [-0.3, -0.25) is 4.79 Å². The van der Waals surface area contributed by atoms with E-state index in [1.165, 1.54) is 0 Å². The van der Waals surface area contributed by atoms with E-state index in [0.29, 0.717) is 12.8 Å². The first-order valence-electron chi connectivity index (χ1n) is 4.65. The molecule has 0 amide bonds. The number of carbonyl (C=O) groups excluding carboxylic acids is 1. The van der Waals surface area contributed by atoms with Gasteiger partial charge in [-0.2, -0.15) is 0 Å². The zero-order valence-corrected chi connectivity index (χ0v) is 7.12. The van der Waals surface area contributed by atoms with Crippen LogP contribution < -0.4 is 0 Å².